The van der Waals surface area contributed by atoms with Gasteiger partial charge in [-0.2, -0.15) is 0 Å². The second-order valence-electron chi connectivity index (χ2n) is 2.89. The summed E-state index contributed by atoms with van der Waals surface area (Å²) in [6, 6.07) is 3.67. The first-order valence-corrected chi connectivity index (χ1v) is 5.08. The van der Waals surface area contributed by atoms with Gasteiger partial charge in [0.15, 0.2) is 0 Å². The van der Waals surface area contributed by atoms with Crippen LogP contribution in [0.2, 0.25) is 0 Å². The minimum Gasteiger partial charge on any atom is -0.339 e. The number of carbonyl (C=O) groups is 1. The number of hydrogen-bond acceptors (Lipinski definition) is 2. The van der Waals surface area contributed by atoms with E-state index in [1.54, 1.807) is 0 Å². The van der Waals surface area contributed by atoms with Crippen molar-refractivity contribution in [2.45, 2.75) is 5.37 Å². The smallest absolute Gasteiger partial charge is 0.231 e. The van der Waals surface area contributed by atoms with E-state index < -0.39 is 17.0 Å². The van der Waals surface area contributed by atoms with Gasteiger partial charge < -0.3 is 5.32 Å². The van der Waals surface area contributed by atoms with Gasteiger partial charge in [0.05, 0.1) is 11.3 Å². The quantitative estimate of drug-likeness (QED) is 0.774. The zero-order chi connectivity index (χ0) is 10.1. The molecular weight excluding hydrogens is 208 g/mol. The Kier molecular flexibility index (Phi) is 2.41. The zero-order valence-corrected chi connectivity index (χ0v) is 7.91. The number of carbonyl (C=O) groups excluding carboxylic acids is 1. The van der Waals surface area contributed by atoms with E-state index >= 15 is 0 Å². The molecule has 1 amide bonds. The van der Waals surface area contributed by atoms with Crippen LogP contribution in [0.25, 0.3) is 0 Å². The van der Waals surface area contributed by atoms with Crippen LogP contribution in [-0.2, 0) is 4.79 Å². The van der Waals surface area contributed by atoms with E-state index in [0.717, 1.165) is 0 Å². The third-order valence-corrected chi connectivity index (χ3v) is 3.05. The Morgan fingerprint density at radius 1 is 1.36 bits per heavy atom. The van der Waals surface area contributed by atoms with Crippen molar-refractivity contribution < 1.29 is 13.6 Å². The normalized spacial score (nSPS) is 21.0. The van der Waals surface area contributed by atoms with Gasteiger partial charge in [-0.1, -0.05) is 6.07 Å². The summed E-state index contributed by atoms with van der Waals surface area (Å²) in [4.78, 5) is 10.9. The minimum atomic E-state index is -0.621. The third-order valence-electron chi connectivity index (χ3n) is 1.94. The summed E-state index contributed by atoms with van der Waals surface area (Å²) < 4.78 is 26.4. The number of halogens is 2. The molecule has 5 heteroatoms. The molecule has 1 fully saturated rings. The van der Waals surface area contributed by atoms with Crippen molar-refractivity contribution in [1.29, 1.82) is 0 Å². The van der Waals surface area contributed by atoms with E-state index in [2.05, 4.69) is 5.32 Å². The van der Waals surface area contributed by atoms with Gasteiger partial charge in [0.1, 0.15) is 17.0 Å². The molecule has 0 saturated carbocycles. The van der Waals surface area contributed by atoms with Gasteiger partial charge in [-0.15, -0.1) is 11.8 Å². The van der Waals surface area contributed by atoms with E-state index in [9.17, 15) is 13.6 Å². The van der Waals surface area contributed by atoms with Crippen molar-refractivity contribution in [3.8, 4) is 0 Å². The number of rotatable bonds is 1. The molecule has 1 aromatic carbocycles. The molecule has 0 spiro atoms. The van der Waals surface area contributed by atoms with Gasteiger partial charge in [0.2, 0.25) is 5.91 Å². The first-order valence-electron chi connectivity index (χ1n) is 4.03. The number of hydrogen-bond donors (Lipinski definition) is 1. The summed E-state index contributed by atoms with van der Waals surface area (Å²) >= 11 is 1.19. The molecule has 1 unspecified atom stereocenters. The minimum absolute atomic E-state index is 0.0663. The highest BCUT2D eigenvalue weighted by Gasteiger charge is 2.27. The standard InChI is InChI=1S/C9H7F2NOS/c10-5-2-1-3-6(11)8(5)9-12-7(13)4-14-9/h1-3,9H,4H2,(H,12,13). The van der Waals surface area contributed by atoms with E-state index in [1.165, 1.54) is 30.0 Å². The van der Waals surface area contributed by atoms with E-state index in [4.69, 9.17) is 0 Å². The van der Waals surface area contributed by atoms with Crippen LogP contribution in [0, 0.1) is 11.6 Å². The summed E-state index contributed by atoms with van der Waals surface area (Å²) in [5.74, 6) is -1.18. The lowest BCUT2D eigenvalue weighted by Crippen LogP contribution is -2.20. The Morgan fingerprint density at radius 2 is 2.00 bits per heavy atom. The Morgan fingerprint density at radius 3 is 2.50 bits per heavy atom. The van der Waals surface area contributed by atoms with Crippen LogP contribution in [0.3, 0.4) is 0 Å². The van der Waals surface area contributed by atoms with Crippen LogP contribution in [0.5, 0.6) is 0 Å². The predicted molar refractivity (Wildman–Crippen MR) is 49.7 cm³/mol. The molecule has 1 N–H and O–H groups in total. The molecule has 2 rings (SSSR count). The molecule has 0 bridgehead atoms. The van der Waals surface area contributed by atoms with E-state index in [-0.39, 0.29) is 17.2 Å². The fourth-order valence-electron chi connectivity index (χ4n) is 1.31. The fourth-order valence-corrected chi connectivity index (χ4v) is 2.31. The molecule has 1 aliphatic heterocycles. The predicted octanol–water partition coefficient (Wildman–Crippen LogP) is 1.83. The summed E-state index contributed by atoms with van der Waals surface area (Å²) in [6.45, 7) is 0. The lowest BCUT2D eigenvalue weighted by Gasteiger charge is -2.11. The summed E-state index contributed by atoms with van der Waals surface area (Å²) in [5, 5.41) is 1.90. The lowest BCUT2D eigenvalue weighted by molar-refractivity contribution is -0.118. The molecule has 2 nitrogen and oxygen atoms in total. The summed E-state index contributed by atoms with van der Waals surface area (Å²) in [5.41, 5.74) is -0.0663. The van der Waals surface area contributed by atoms with Crippen LogP contribution in [0.4, 0.5) is 8.78 Å². The number of nitrogens with one attached hydrogen (secondary N) is 1. The van der Waals surface area contributed by atoms with Crippen molar-refractivity contribution in [2.75, 3.05) is 5.75 Å². The fraction of sp³-hybridized carbons (Fsp3) is 0.222. The van der Waals surface area contributed by atoms with Crippen LogP contribution in [0.15, 0.2) is 18.2 Å². The Balaban J connectivity index is 2.36. The maximum absolute atomic E-state index is 13.2. The molecular formula is C9H7F2NOS. The highest BCUT2D eigenvalue weighted by atomic mass is 32.2. The molecule has 1 atom stereocenters. The molecule has 0 radical (unpaired) electrons. The molecule has 1 saturated heterocycles. The average Bonchev–Trinajstić information content (AvgIpc) is 2.51. The van der Waals surface area contributed by atoms with Gasteiger partial charge in [-0.05, 0) is 12.1 Å². The molecule has 1 aromatic rings. The van der Waals surface area contributed by atoms with Gasteiger partial charge in [-0.25, -0.2) is 8.78 Å². The van der Waals surface area contributed by atoms with E-state index in [0.29, 0.717) is 0 Å². The maximum atomic E-state index is 13.2. The number of benzene rings is 1. The van der Waals surface area contributed by atoms with Gasteiger partial charge in [0, 0.05) is 0 Å². The Hall–Kier alpha value is -1.10. The second-order valence-corrected chi connectivity index (χ2v) is 3.99. The van der Waals surface area contributed by atoms with Gasteiger partial charge in [0.25, 0.3) is 0 Å². The molecule has 74 valence electrons. The largest absolute Gasteiger partial charge is 0.339 e. The number of thioether (sulfide) groups is 1. The van der Waals surface area contributed by atoms with Crippen molar-refractivity contribution in [2.24, 2.45) is 0 Å². The summed E-state index contributed by atoms with van der Waals surface area (Å²) in [6.07, 6.45) is 0. The first-order chi connectivity index (χ1) is 6.68. The molecule has 1 aliphatic rings. The first kappa shape index (κ1) is 9.45. The van der Waals surface area contributed by atoms with Crippen molar-refractivity contribution >= 4 is 17.7 Å². The van der Waals surface area contributed by atoms with Crippen LogP contribution >= 0.6 is 11.8 Å². The van der Waals surface area contributed by atoms with Gasteiger partial charge >= 0.3 is 0 Å². The SMILES string of the molecule is O=C1CSC(c2c(F)cccc2F)N1. The van der Waals surface area contributed by atoms with Crippen molar-refractivity contribution in [3.63, 3.8) is 0 Å². The molecule has 0 aliphatic carbocycles. The van der Waals surface area contributed by atoms with Crippen LogP contribution in [0.1, 0.15) is 10.9 Å². The second kappa shape index (κ2) is 3.57. The van der Waals surface area contributed by atoms with Crippen molar-refractivity contribution in [3.05, 3.63) is 35.4 Å². The lowest BCUT2D eigenvalue weighted by atomic mass is 10.2. The highest BCUT2D eigenvalue weighted by Crippen LogP contribution is 2.33. The molecule has 1 heterocycles. The van der Waals surface area contributed by atoms with E-state index in [1.807, 2.05) is 0 Å². The average molecular weight is 215 g/mol. The Bertz CT molecular complexity index is 363. The number of amides is 1. The molecule has 0 aromatic heterocycles. The zero-order valence-electron chi connectivity index (χ0n) is 7.09. The third kappa shape index (κ3) is 1.59. The van der Waals surface area contributed by atoms with Crippen molar-refractivity contribution in [1.82, 2.24) is 5.32 Å². The van der Waals surface area contributed by atoms with Crippen LogP contribution < -0.4 is 5.32 Å². The molecule has 14 heavy (non-hydrogen) atoms. The van der Waals surface area contributed by atoms with Gasteiger partial charge in [-0.3, -0.25) is 4.79 Å². The topological polar surface area (TPSA) is 29.1 Å². The Labute approximate surface area is 83.7 Å². The van der Waals surface area contributed by atoms with Crippen LogP contribution in [-0.4, -0.2) is 11.7 Å². The summed E-state index contributed by atoms with van der Waals surface area (Å²) in [7, 11) is 0. The monoisotopic (exact) mass is 215 g/mol. The highest BCUT2D eigenvalue weighted by molar-refractivity contribution is 8.00. The maximum Gasteiger partial charge on any atom is 0.231 e.